The molecule has 3 fully saturated rings. The van der Waals surface area contributed by atoms with Crippen LogP contribution in [-0.2, 0) is 14.3 Å². The van der Waals surface area contributed by atoms with Gasteiger partial charge in [-0.25, -0.2) is 0 Å². The molecular formula is C20H34N2O4. The van der Waals surface area contributed by atoms with Gasteiger partial charge in [0.2, 0.25) is 5.91 Å². The van der Waals surface area contributed by atoms with Gasteiger partial charge in [0.1, 0.15) is 0 Å². The van der Waals surface area contributed by atoms with Crippen molar-refractivity contribution < 1.29 is 19.4 Å². The second-order valence-corrected chi connectivity index (χ2v) is 8.84. The summed E-state index contributed by atoms with van der Waals surface area (Å²) in [5.74, 6) is -0.520. The molecule has 0 bridgehead atoms. The zero-order valence-corrected chi connectivity index (χ0v) is 16.3. The fourth-order valence-corrected chi connectivity index (χ4v) is 4.96. The topological polar surface area (TPSA) is 70.1 Å². The third-order valence-electron chi connectivity index (χ3n) is 6.74. The lowest BCUT2D eigenvalue weighted by molar-refractivity contribution is -0.146. The van der Waals surface area contributed by atoms with Gasteiger partial charge in [0.25, 0.3) is 0 Å². The molecule has 3 saturated heterocycles. The highest BCUT2D eigenvalue weighted by Crippen LogP contribution is 2.45. The molecule has 0 aromatic heterocycles. The lowest BCUT2D eigenvalue weighted by atomic mass is 9.70. The van der Waals surface area contributed by atoms with Gasteiger partial charge in [-0.05, 0) is 51.1 Å². The minimum atomic E-state index is -0.733. The van der Waals surface area contributed by atoms with Gasteiger partial charge in [-0.3, -0.25) is 9.59 Å². The molecule has 1 N–H and O–H groups in total. The number of ether oxygens (including phenoxy) is 1. The number of rotatable bonds is 5. The van der Waals surface area contributed by atoms with E-state index in [0.29, 0.717) is 31.5 Å². The smallest absolute Gasteiger partial charge is 0.308 e. The van der Waals surface area contributed by atoms with Crippen LogP contribution in [0.5, 0.6) is 0 Å². The Labute approximate surface area is 156 Å². The summed E-state index contributed by atoms with van der Waals surface area (Å²) in [5, 5.41) is 9.79. The summed E-state index contributed by atoms with van der Waals surface area (Å²) in [5.41, 5.74) is -0.235. The summed E-state index contributed by atoms with van der Waals surface area (Å²) in [6, 6.07) is 0.578. The first-order valence-corrected chi connectivity index (χ1v) is 10.2. The van der Waals surface area contributed by atoms with Crippen LogP contribution in [0.3, 0.4) is 0 Å². The Balaban J connectivity index is 1.62. The molecule has 0 saturated carbocycles. The van der Waals surface area contributed by atoms with Crippen molar-refractivity contribution >= 4 is 11.9 Å². The molecule has 3 rings (SSSR count). The second-order valence-electron chi connectivity index (χ2n) is 8.84. The minimum Gasteiger partial charge on any atom is -0.481 e. The number of amides is 1. The molecule has 1 unspecified atom stereocenters. The highest BCUT2D eigenvalue weighted by Gasteiger charge is 2.52. The predicted octanol–water partition coefficient (Wildman–Crippen LogP) is 2.23. The van der Waals surface area contributed by atoms with Crippen LogP contribution in [0.15, 0.2) is 0 Å². The molecule has 1 amide bonds. The van der Waals surface area contributed by atoms with Crippen LogP contribution in [0.2, 0.25) is 0 Å². The highest BCUT2D eigenvalue weighted by atomic mass is 16.5. The van der Waals surface area contributed by atoms with Crippen molar-refractivity contribution in [1.29, 1.82) is 0 Å². The van der Waals surface area contributed by atoms with E-state index in [4.69, 9.17) is 4.74 Å². The minimum absolute atomic E-state index is 0.133. The number of hydrogen-bond donors (Lipinski definition) is 1. The maximum atomic E-state index is 12.6. The number of nitrogens with zero attached hydrogens (tertiary/aromatic N) is 2. The Hall–Kier alpha value is -1.14. The quantitative estimate of drug-likeness (QED) is 0.808. The molecule has 0 aromatic rings. The van der Waals surface area contributed by atoms with Crippen LogP contribution in [0, 0.1) is 17.3 Å². The number of piperidine rings is 1. The summed E-state index contributed by atoms with van der Waals surface area (Å²) in [6.45, 7) is 8.82. The molecule has 0 radical (unpaired) electrons. The van der Waals surface area contributed by atoms with E-state index in [1.165, 1.54) is 0 Å². The van der Waals surface area contributed by atoms with E-state index in [9.17, 15) is 14.7 Å². The Kier molecular flexibility index (Phi) is 6.23. The van der Waals surface area contributed by atoms with E-state index >= 15 is 0 Å². The zero-order valence-electron chi connectivity index (χ0n) is 16.3. The van der Waals surface area contributed by atoms with Gasteiger partial charge in [-0.2, -0.15) is 0 Å². The monoisotopic (exact) mass is 366 g/mol. The van der Waals surface area contributed by atoms with Crippen molar-refractivity contribution in [2.75, 3.05) is 39.4 Å². The molecular weight excluding hydrogens is 332 g/mol. The predicted molar refractivity (Wildman–Crippen MR) is 98.9 cm³/mol. The van der Waals surface area contributed by atoms with Gasteiger partial charge in [0.05, 0.1) is 5.92 Å². The van der Waals surface area contributed by atoms with Crippen molar-refractivity contribution in [2.24, 2.45) is 17.3 Å². The fourth-order valence-electron chi connectivity index (χ4n) is 4.96. The summed E-state index contributed by atoms with van der Waals surface area (Å²) in [4.78, 5) is 28.9. The average Bonchev–Trinajstić information content (AvgIpc) is 3.00. The third-order valence-corrected chi connectivity index (χ3v) is 6.74. The van der Waals surface area contributed by atoms with Crippen LogP contribution in [0.4, 0.5) is 0 Å². The number of hydrogen-bond acceptors (Lipinski definition) is 4. The Morgan fingerprint density at radius 1 is 1.19 bits per heavy atom. The van der Waals surface area contributed by atoms with Gasteiger partial charge in [0.15, 0.2) is 0 Å². The number of carbonyl (C=O) groups is 2. The first kappa shape index (κ1) is 19.6. The number of carboxylic acid groups (broad SMARTS) is 1. The van der Waals surface area contributed by atoms with Crippen molar-refractivity contribution in [3.63, 3.8) is 0 Å². The highest BCUT2D eigenvalue weighted by molar-refractivity contribution is 5.79. The van der Waals surface area contributed by atoms with Crippen LogP contribution in [-0.4, -0.2) is 72.2 Å². The van der Waals surface area contributed by atoms with Crippen LogP contribution in [0.1, 0.15) is 52.4 Å². The fraction of sp³-hybridized carbons (Fsp3) is 0.900. The van der Waals surface area contributed by atoms with E-state index in [1.54, 1.807) is 0 Å². The van der Waals surface area contributed by atoms with Crippen molar-refractivity contribution in [1.82, 2.24) is 9.80 Å². The third kappa shape index (κ3) is 4.22. The molecule has 3 heterocycles. The van der Waals surface area contributed by atoms with E-state index in [0.717, 1.165) is 58.4 Å². The molecule has 0 aromatic carbocycles. The number of aliphatic carboxylic acids is 1. The average molecular weight is 367 g/mol. The van der Waals surface area contributed by atoms with Gasteiger partial charge >= 0.3 is 5.97 Å². The second kappa shape index (κ2) is 8.26. The zero-order chi connectivity index (χ0) is 18.7. The van der Waals surface area contributed by atoms with Crippen LogP contribution >= 0.6 is 0 Å². The Morgan fingerprint density at radius 2 is 1.85 bits per heavy atom. The van der Waals surface area contributed by atoms with E-state index in [2.05, 4.69) is 18.7 Å². The normalized spacial score (nSPS) is 27.3. The van der Waals surface area contributed by atoms with E-state index < -0.39 is 11.9 Å². The first-order chi connectivity index (χ1) is 12.4. The Morgan fingerprint density at radius 3 is 2.42 bits per heavy atom. The maximum Gasteiger partial charge on any atom is 0.308 e. The number of carboxylic acids is 1. The van der Waals surface area contributed by atoms with Crippen molar-refractivity contribution in [3.05, 3.63) is 0 Å². The molecule has 3 aliphatic rings. The molecule has 1 spiro atoms. The molecule has 148 valence electrons. The van der Waals surface area contributed by atoms with Crippen LogP contribution < -0.4 is 0 Å². The largest absolute Gasteiger partial charge is 0.481 e. The van der Waals surface area contributed by atoms with E-state index in [1.807, 2.05) is 4.90 Å². The molecule has 1 atom stereocenters. The first-order valence-electron chi connectivity index (χ1n) is 10.2. The van der Waals surface area contributed by atoms with Crippen molar-refractivity contribution in [3.8, 4) is 0 Å². The van der Waals surface area contributed by atoms with Crippen molar-refractivity contribution in [2.45, 2.75) is 58.4 Å². The Bertz CT molecular complexity index is 508. The van der Waals surface area contributed by atoms with Crippen LogP contribution in [0.25, 0.3) is 0 Å². The standard InChI is InChI=1S/C20H34N2O4/c1-15(2)3-4-18(23)22-13-17(19(24)25)20(14-22)7-9-21(10-8-20)16-5-11-26-12-6-16/h15-17H,3-14H2,1-2H3,(H,24,25). The molecule has 6 heteroatoms. The lowest BCUT2D eigenvalue weighted by Gasteiger charge is -2.45. The molecule has 26 heavy (non-hydrogen) atoms. The van der Waals surface area contributed by atoms with Gasteiger partial charge < -0.3 is 19.6 Å². The molecule has 3 aliphatic heterocycles. The molecule has 6 nitrogen and oxygen atoms in total. The van der Waals surface area contributed by atoms with Gasteiger partial charge in [-0.1, -0.05) is 13.8 Å². The SMILES string of the molecule is CC(C)CCC(=O)N1CC(C(=O)O)C2(CCN(C3CCOCC3)CC2)C1. The summed E-state index contributed by atoms with van der Waals surface area (Å²) in [7, 11) is 0. The molecule has 0 aliphatic carbocycles. The lowest BCUT2D eigenvalue weighted by Crippen LogP contribution is -2.50. The summed E-state index contributed by atoms with van der Waals surface area (Å²) >= 11 is 0. The summed E-state index contributed by atoms with van der Waals surface area (Å²) < 4.78 is 5.46. The van der Waals surface area contributed by atoms with Gasteiger partial charge in [0, 0.05) is 44.2 Å². The van der Waals surface area contributed by atoms with Gasteiger partial charge in [-0.15, -0.1) is 0 Å². The maximum absolute atomic E-state index is 12.6. The van der Waals surface area contributed by atoms with E-state index in [-0.39, 0.29) is 11.3 Å². The number of likely N-dealkylation sites (tertiary alicyclic amines) is 2. The number of carbonyl (C=O) groups excluding carboxylic acids is 1. The summed E-state index contributed by atoms with van der Waals surface area (Å²) in [6.07, 6.45) is 5.33.